The topological polar surface area (TPSA) is 99.1 Å². The molecule has 33 heavy (non-hydrogen) atoms. The Bertz CT molecular complexity index is 1270. The highest BCUT2D eigenvalue weighted by atomic mass is 32.2. The van der Waals surface area contributed by atoms with Crippen molar-refractivity contribution < 1.29 is 32.0 Å². The van der Waals surface area contributed by atoms with Crippen LogP contribution in [-0.4, -0.2) is 38.3 Å². The van der Waals surface area contributed by atoms with E-state index in [1.54, 1.807) is 36.4 Å². The Morgan fingerprint density at radius 2 is 1.67 bits per heavy atom. The minimum atomic E-state index is -3.98. The first-order valence-corrected chi connectivity index (χ1v) is 12.1. The van der Waals surface area contributed by atoms with Crippen LogP contribution in [0, 0.1) is 0 Å². The molecule has 7 nitrogen and oxygen atoms in total. The first kappa shape index (κ1) is 21.5. The smallest absolute Gasteiger partial charge is 0.341 e. The van der Waals surface area contributed by atoms with E-state index in [1.165, 1.54) is 0 Å². The predicted molar refractivity (Wildman–Crippen MR) is 120 cm³/mol. The number of fused-ring (bicyclic) bond motifs is 3. The van der Waals surface area contributed by atoms with Crippen molar-refractivity contribution in [3.8, 4) is 22.6 Å². The van der Waals surface area contributed by atoms with Crippen LogP contribution in [0.25, 0.3) is 11.1 Å². The second-order valence-electron chi connectivity index (χ2n) is 8.10. The Morgan fingerprint density at radius 1 is 0.939 bits per heavy atom. The first-order valence-electron chi connectivity index (χ1n) is 10.7. The van der Waals surface area contributed by atoms with Gasteiger partial charge in [0.05, 0.1) is 16.9 Å². The van der Waals surface area contributed by atoms with Crippen molar-refractivity contribution >= 4 is 16.1 Å². The molecule has 1 aliphatic carbocycles. The van der Waals surface area contributed by atoms with E-state index in [1.807, 2.05) is 36.4 Å². The highest BCUT2D eigenvalue weighted by Crippen LogP contribution is 2.52. The van der Waals surface area contributed by atoms with Crippen LogP contribution in [0.15, 0.2) is 77.7 Å². The van der Waals surface area contributed by atoms with Crippen LogP contribution < -0.4 is 9.47 Å². The minimum Gasteiger partial charge on any atom is -0.485 e. The maximum Gasteiger partial charge on any atom is 0.341 e. The van der Waals surface area contributed by atoms with Crippen LogP contribution in [0.2, 0.25) is 0 Å². The van der Waals surface area contributed by atoms with Crippen LogP contribution >= 0.6 is 0 Å². The second-order valence-corrected chi connectivity index (χ2v) is 9.67. The third-order valence-electron chi connectivity index (χ3n) is 6.03. The van der Waals surface area contributed by atoms with E-state index in [-0.39, 0.29) is 16.9 Å². The fourth-order valence-corrected chi connectivity index (χ4v) is 5.68. The highest BCUT2D eigenvalue weighted by molar-refractivity contribution is 7.86. The molecule has 1 heterocycles. The minimum absolute atomic E-state index is 0.100. The van der Waals surface area contributed by atoms with Gasteiger partial charge in [0, 0.05) is 5.56 Å². The first-order chi connectivity index (χ1) is 15.9. The summed E-state index contributed by atoms with van der Waals surface area (Å²) < 4.78 is 43.1. The molecule has 3 unspecified atom stereocenters. The predicted octanol–water partition coefficient (Wildman–Crippen LogP) is 4.23. The maximum absolute atomic E-state index is 13.0. The van der Waals surface area contributed by atoms with Gasteiger partial charge in [0.2, 0.25) is 0 Å². The standard InChI is InChI=1S/C25H22O7S/c26-23(27)15-30-22-8-4-7-19-24-20(31-25(19)22)13-14-21(24)32-33(28,29)18-11-9-17(10-12-18)16-5-2-1-3-6-16/h1-12,20-21,24H,13-15H2,(H,26,27). The van der Waals surface area contributed by atoms with Crippen molar-refractivity contribution in [2.45, 2.75) is 35.9 Å². The molecule has 5 rings (SSSR count). The van der Waals surface area contributed by atoms with Crippen LogP contribution in [-0.2, 0) is 19.1 Å². The maximum atomic E-state index is 13.0. The number of rotatable bonds is 7. The Morgan fingerprint density at radius 3 is 2.39 bits per heavy atom. The molecule has 0 radical (unpaired) electrons. The zero-order valence-corrected chi connectivity index (χ0v) is 18.4. The Hall–Kier alpha value is -3.36. The Labute approximate surface area is 191 Å². The van der Waals surface area contributed by atoms with Gasteiger partial charge in [0.25, 0.3) is 10.1 Å². The van der Waals surface area contributed by atoms with Gasteiger partial charge in [-0.1, -0.05) is 54.6 Å². The van der Waals surface area contributed by atoms with Gasteiger partial charge >= 0.3 is 5.97 Å². The second kappa shape index (κ2) is 8.53. The van der Waals surface area contributed by atoms with E-state index in [2.05, 4.69) is 0 Å². The summed E-state index contributed by atoms with van der Waals surface area (Å²) in [5.41, 5.74) is 2.70. The van der Waals surface area contributed by atoms with E-state index < -0.39 is 28.8 Å². The summed E-state index contributed by atoms with van der Waals surface area (Å²) in [5, 5.41) is 8.89. The largest absolute Gasteiger partial charge is 0.485 e. The van der Waals surface area contributed by atoms with Gasteiger partial charge in [-0.3, -0.25) is 4.18 Å². The number of hydrogen-bond acceptors (Lipinski definition) is 6. The highest BCUT2D eigenvalue weighted by Gasteiger charge is 2.48. The molecule has 1 saturated carbocycles. The normalized spacial score (nSPS) is 21.2. The Balaban J connectivity index is 1.36. The van der Waals surface area contributed by atoms with Gasteiger partial charge in [0.1, 0.15) is 6.10 Å². The van der Waals surface area contributed by atoms with Gasteiger partial charge in [0.15, 0.2) is 18.1 Å². The average molecular weight is 467 g/mol. The third-order valence-corrected chi connectivity index (χ3v) is 7.38. The summed E-state index contributed by atoms with van der Waals surface area (Å²) in [6.45, 7) is -0.484. The van der Waals surface area contributed by atoms with Crippen molar-refractivity contribution in [3.63, 3.8) is 0 Å². The molecule has 1 N–H and O–H groups in total. The average Bonchev–Trinajstić information content (AvgIpc) is 3.38. The van der Waals surface area contributed by atoms with Crippen molar-refractivity contribution in [1.82, 2.24) is 0 Å². The number of ether oxygens (including phenoxy) is 2. The van der Waals surface area contributed by atoms with Crippen LogP contribution in [0.4, 0.5) is 0 Å². The number of benzene rings is 3. The summed E-state index contributed by atoms with van der Waals surface area (Å²) in [6, 6.07) is 21.6. The number of carbonyl (C=O) groups is 1. The van der Waals surface area contributed by atoms with Crippen molar-refractivity contribution in [2.24, 2.45) is 0 Å². The number of hydrogen-bond donors (Lipinski definition) is 1. The molecular formula is C25H22O7S. The lowest BCUT2D eigenvalue weighted by Gasteiger charge is -2.18. The fourth-order valence-electron chi connectivity index (χ4n) is 4.56. The number of aliphatic carboxylic acids is 1. The molecule has 0 amide bonds. The molecule has 3 aromatic carbocycles. The van der Waals surface area contributed by atoms with Crippen molar-refractivity contribution in [2.75, 3.05) is 6.61 Å². The van der Waals surface area contributed by atoms with Gasteiger partial charge in [-0.25, -0.2) is 4.79 Å². The van der Waals surface area contributed by atoms with E-state index in [4.69, 9.17) is 18.8 Å². The molecule has 0 spiro atoms. The molecule has 3 atom stereocenters. The molecule has 1 aliphatic heterocycles. The van der Waals surface area contributed by atoms with Gasteiger partial charge in [-0.05, 0) is 42.2 Å². The van der Waals surface area contributed by atoms with Gasteiger partial charge in [-0.15, -0.1) is 0 Å². The zero-order valence-electron chi connectivity index (χ0n) is 17.6. The molecule has 170 valence electrons. The van der Waals surface area contributed by atoms with Crippen LogP contribution in [0.5, 0.6) is 11.5 Å². The molecule has 0 bridgehead atoms. The molecular weight excluding hydrogens is 444 g/mol. The Kier molecular flexibility index (Phi) is 5.55. The van der Waals surface area contributed by atoms with Gasteiger partial charge < -0.3 is 14.6 Å². The summed E-state index contributed by atoms with van der Waals surface area (Å²) in [6.07, 6.45) is 0.348. The van der Waals surface area contributed by atoms with Gasteiger partial charge in [-0.2, -0.15) is 8.42 Å². The molecule has 0 saturated heterocycles. The number of carboxylic acids is 1. The number of para-hydroxylation sites is 1. The third kappa shape index (κ3) is 4.19. The van der Waals surface area contributed by atoms with E-state index in [0.29, 0.717) is 24.3 Å². The van der Waals surface area contributed by atoms with E-state index in [0.717, 1.165) is 16.7 Å². The fraction of sp³-hybridized carbons (Fsp3) is 0.240. The summed E-state index contributed by atoms with van der Waals surface area (Å²) >= 11 is 0. The molecule has 1 fully saturated rings. The van der Waals surface area contributed by atoms with Crippen LogP contribution in [0.3, 0.4) is 0 Å². The lowest BCUT2D eigenvalue weighted by Crippen LogP contribution is -2.24. The SMILES string of the molecule is O=C(O)COc1cccc2c1OC1CCC(OS(=O)(=O)c3ccc(-c4ccccc4)cc3)C21. The molecule has 0 aromatic heterocycles. The van der Waals surface area contributed by atoms with E-state index in [9.17, 15) is 13.2 Å². The lowest BCUT2D eigenvalue weighted by molar-refractivity contribution is -0.139. The van der Waals surface area contributed by atoms with E-state index >= 15 is 0 Å². The van der Waals surface area contributed by atoms with Crippen molar-refractivity contribution in [1.29, 1.82) is 0 Å². The molecule has 3 aromatic rings. The summed E-state index contributed by atoms with van der Waals surface area (Å²) in [4.78, 5) is 11.0. The quantitative estimate of drug-likeness (QED) is 0.520. The molecule has 8 heteroatoms. The zero-order chi connectivity index (χ0) is 23.0. The molecule has 2 aliphatic rings. The monoisotopic (exact) mass is 466 g/mol. The van der Waals surface area contributed by atoms with Crippen molar-refractivity contribution in [3.05, 3.63) is 78.4 Å². The van der Waals surface area contributed by atoms with Crippen LogP contribution in [0.1, 0.15) is 24.3 Å². The summed E-state index contributed by atoms with van der Waals surface area (Å²) in [5.74, 6) is -0.558. The number of carboxylic acid groups (broad SMARTS) is 1. The summed E-state index contributed by atoms with van der Waals surface area (Å²) in [7, 11) is -3.98. The lowest BCUT2D eigenvalue weighted by atomic mass is 9.95.